The van der Waals surface area contributed by atoms with Crippen LogP contribution in [0.3, 0.4) is 0 Å². The van der Waals surface area contributed by atoms with Crippen LogP contribution in [-0.2, 0) is 10.0 Å². The number of alkyl halides is 6. The van der Waals surface area contributed by atoms with Gasteiger partial charge in [0.2, 0.25) is 0 Å². The third kappa shape index (κ3) is 4.97. The zero-order valence-corrected chi connectivity index (χ0v) is 16.6. The van der Waals surface area contributed by atoms with Gasteiger partial charge in [0, 0.05) is 31.1 Å². The number of halogens is 8. The second-order valence-electron chi connectivity index (χ2n) is 5.91. The zero-order chi connectivity index (χ0) is 21.5. The van der Waals surface area contributed by atoms with Crippen molar-refractivity contribution in [3.8, 4) is 0 Å². The summed E-state index contributed by atoms with van der Waals surface area (Å²) in [6.07, 6.45) is -4.48. The van der Waals surface area contributed by atoms with E-state index >= 15 is 0 Å². The lowest BCUT2D eigenvalue weighted by molar-refractivity contribution is -0.105. The van der Waals surface area contributed by atoms with Gasteiger partial charge in [-0.25, -0.2) is 12.8 Å². The number of benzene rings is 1. The lowest BCUT2D eigenvalue weighted by Crippen LogP contribution is -2.52. The highest BCUT2D eigenvalue weighted by Gasteiger charge is 2.50. The van der Waals surface area contributed by atoms with Crippen LogP contribution in [0, 0.1) is 12.7 Å². The van der Waals surface area contributed by atoms with Crippen molar-refractivity contribution in [2.75, 3.05) is 36.8 Å². The van der Waals surface area contributed by atoms with Gasteiger partial charge in [0.25, 0.3) is 0 Å². The highest BCUT2D eigenvalue weighted by atomic mass is 35.5. The Bertz CT molecular complexity index is 836. The Labute approximate surface area is 165 Å². The molecular weight excluding hydrogens is 461 g/mol. The Balaban J connectivity index is 2.25. The number of piperazine rings is 1. The van der Waals surface area contributed by atoms with Gasteiger partial charge in [-0.2, -0.15) is 30.6 Å². The molecular formula is C14H14ClF7N2O2S2. The number of hydrogen-bond acceptors (Lipinski definition) is 4. The van der Waals surface area contributed by atoms with Crippen LogP contribution in [0.15, 0.2) is 11.0 Å². The third-order valence-electron chi connectivity index (χ3n) is 3.90. The summed E-state index contributed by atoms with van der Waals surface area (Å²) in [4.78, 5) is 1.22. The molecule has 0 aromatic heterocycles. The van der Waals surface area contributed by atoms with Gasteiger partial charge >= 0.3 is 21.7 Å². The Morgan fingerprint density at radius 2 is 1.64 bits per heavy atom. The molecule has 1 aliphatic rings. The van der Waals surface area contributed by atoms with Crippen LogP contribution in [0.2, 0.25) is 5.02 Å². The smallest absolute Gasteiger partial charge is 0.365 e. The van der Waals surface area contributed by atoms with E-state index in [2.05, 4.69) is 0 Å². The molecule has 0 N–H and O–H groups in total. The maximum absolute atomic E-state index is 14.4. The average Bonchev–Trinajstić information content (AvgIpc) is 2.52. The van der Waals surface area contributed by atoms with Crippen molar-refractivity contribution >= 4 is 39.1 Å². The van der Waals surface area contributed by atoms with Crippen molar-refractivity contribution in [2.45, 2.75) is 23.5 Å². The Morgan fingerprint density at radius 1 is 1.11 bits per heavy atom. The molecule has 0 saturated carbocycles. The first-order valence-corrected chi connectivity index (χ1v) is 10.4. The first-order valence-electron chi connectivity index (χ1n) is 7.64. The minimum Gasteiger partial charge on any atom is -0.365 e. The molecule has 0 radical (unpaired) electrons. The zero-order valence-electron chi connectivity index (χ0n) is 14.2. The Hall–Kier alpha value is -0.920. The maximum atomic E-state index is 14.4. The van der Waals surface area contributed by atoms with E-state index in [0.717, 1.165) is 6.07 Å². The number of aryl methyl sites for hydroxylation is 1. The molecule has 2 rings (SSSR count). The van der Waals surface area contributed by atoms with E-state index in [1.54, 1.807) is 0 Å². The average molecular weight is 475 g/mol. The third-order valence-corrected chi connectivity index (χ3v) is 7.30. The second-order valence-corrected chi connectivity index (χ2v) is 9.20. The van der Waals surface area contributed by atoms with Crippen molar-refractivity contribution in [3.05, 3.63) is 22.5 Å². The molecule has 160 valence electrons. The Kier molecular flexibility index (Phi) is 6.73. The molecule has 1 aromatic rings. The minimum absolute atomic E-state index is 0.000680. The number of anilines is 1. The number of hydrogen-bond donors (Lipinski definition) is 0. The molecule has 1 saturated heterocycles. The summed E-state index contributed by atoms with van der Waals surface area (Å²) in [5.74, 6) is -2.11. The molecule has 1 heterocycles. The fourth-order valence-electron chi connectivity index (χ4n) is 2.63. The molecule has 0 unspecified atom stereocenters. The number of rotatable bonds is 4. The van der Waals surface area contributed by atoms with Crippen molar-refractivity contribution in [3.63, 3.8) is 0 Å². The molecule has 28 heavy (non-hydrogen) atoms. The summed E-state index contributed by atoms with van der Waals surface area (Å²) in [6, 6.07) is 0.985. The SMILES string of the molecule is Cc1cc(F)c(N2CCN(S(=O)(=O)C(F)(F)F)CC2)c(Cl)c1SCC(F)(F)F. The summed E-state index contributed by atoms with van der Waals surface area (Å²) in [7, 11) is -5.51. The normalized spacial score (nSPS) is 17.2. The maximum Gasteiger partial charge on any atom is 0.511 e. The van der Waals surface area contributed by atoms with E-state index in [1.165, 1.54) is 11.8 Å². The van der Waals surface area contributed by atoms with Crippen LogP contribution in [0.1, 0.15) is 5.56 Å². The predicted molar refractivity (Wildman–Crippen MR) is 91.7 cm³/mol. The molecule has 4 nitrogen and oxygen atoms in total. The van der Waals surface area contributed by atoms with Crippen molar-refractivity contribution < 1.29 is 39.2 Å². The lowest BCUT2D eigenvalue weighted by Gasteiger charge is -2.36. The van der Waals surface area contributed by atoms with E-state index in [0.29, 0.717) is 11.8 Å². The van der Waals surface area contributed by atoms with Crippen LogP contribution in [0.5, 0.6) is 0 Å². The van der Waals surface area contributed by atoms with Gasteiger partial charge in [-0.3, -0.25) is 0 Å². The molecule has 0 spiro atoms. The first-order chi connectivity index (χ1) is 12.6. The molecule has 0 bridgehead atoms. The van der Waals surface area contributed by atoms with E-state index < -0.39 is 46.4 Å². The fraction of sp³-hybridized carbons (Fsp3) is 0.571. The van der Waals surface area contributed by atoms with Gasteiger partial charge in [0.05, 0.1) is 16.5 Å². The van der Waals surface area contributed by atoms with Gasteiger partial charge < -0.3 is 4.90 Å². The van der Waals surface area contributed by atoms with Crippen LogP contribution in [-0.4, -0.2) is 56.3 Å². The van der Waals surface area contributed by atoms with Gasteiger partial charge in [0.15, 0.2) is 0 Å². The van der Waals surface area contributed by atoms with Gasteiger partial charge in [-0.15, -0.1) is 11.8 Å². The van der Waals surface area contributed by atoms with Crippen LogP contribution < -0.4 is 4.90 Å². The van der Waals surface area contributed by atoms with Crippen molar-refractivity contribution in [1.29, 1.82) is 0 Å². The molecule has 0 amide bonds. The molecule has 1 aliphatic heterocycles. The number of sulfonamides is 1. The largest absolute Gasteiger partial charge is 0.511 e. The summed E-state index contributed by atoms with van der Waals surface area (Å²) in [5, 5.41) is -0.293. The second kappa shape index (κ2) is 8.07. The summed E-state index contributed by atoms with van der Waals surface area (Å²) < 4.78 is 113. The van der Waals surface area contributed by atoms with Gasteiger partial charge in [-0.05, 0) is 18.6 Å². The monoisotopic (exact) mass is 474 g/mol. The molecule has 1 aromatic carbocycles. The quantitative estimate of drug-likeness (QED) is 0.479. The fourth-order valence-corrected chi connectivity index (χ4v) is 4.91. The van der Waals surface area contributed by atoms with Crippen LogP contribution in [0.4, 0.5) is 36.4 Å². The summed E-state index contributed by atoms with van der Waals surface area (Å²) in [6.45, 7) is -0.380. The molecule has 0 atom stereocenters. The number of nitrogens with zero attached hydrogens (tertiary/aromatic N) is 2. The van der Waals surface area contributed by atoms with E-state index in [-0.39, 0.29) is 38.6 Å². The van der Waals surface area contributed by atoms with E-state index in [1.807, 2.05) is 0 Å². The summed E-state index contributed by atoms with van der Waals surface area (Å²) in [5.41, 5.74) is -5.54. The van der Waals surface area contributed by atoms with Crippen LogP contribution >= 0.6 is 23.4 Å². The minimum atomic E-state index is -5.51. The number of thioether (sulfide) groups is 1. The standard InChI is InChI=1S/C14H14ClF7N2O2S2/c1-8-6-9(16)11(10(15)12(8)27-7-13(17,18)19)23-2-4-24(5-3-23)28(25,26)14(20,21)22/h6H,2-5,7H2,1H3. The van der Waals surface area contributed by atoms with Gasteiger partial charge in [-0.1, -0.05) is 11.6 Å². The summed E-state index contributed by atoms with van der Waals surface area (Å²) >= 11 is 6.47. The van der Waals surface area contributed by atoms with E-state index in [4.69, 9.17) is 11.6 Å². The molecule has 1 fully saturated rings. The highest BCUT2D eigenvalue weighted by Crippen LogP contribution is 2.42. The van der Waals surface area contributed by atoms with Crippen LogP contribution in [0.25, 0.3) is 0 Å². The van der Waals surface area contributed by atoms with Crippen molar-refractivity contribution in [1.82, 2.24) is 4.31 Å². The first kappa shape index (κ1) is 23.4. The van der Waals surface area contributed by atoms with Crippen molar-refractivity contribution in [2.24, 2.45) is 0 Å². The molecule has 0 aliphatic carbocycles. The predicted octanol–water partition coefficient (Wildman–Crippen LogP) is 4.41. The van der Waals surface area contributed by atoms with Gasteiger partial charge in [0.1, 0.15) is 5.82 Å². The van der Waals surface area contributed by atoms with E-state index in [9.17, 15) is 39.2 Å². The molecule has 14 heteroatoms. The topological polar surface area (TPSA) is 40.6 Å². The lowest BCUT2D eigenvalue weighted by atomic mass is 10.2. The highest BCUT2D eigenvalue weighted by molar-refractivity contribution is 7.99. The Morgan fingerprint density at radius 3 is 2.11 bits per heavy atom.